The highest BCUT2D eigenvalue weighted by Crippen LogP contribution is 2.32. The number of allylic oxidation sites excluding steroid dienone is 2. The number of hydrogen-bond donors (Lipinski definition) is 0. The second kappa shape index (κ2) is 8.28. The smallest absolute Gasteiger partial charge is 0.150 e. The van der Waals surface area contributed by atoms with Crippen molar-refractivity contribution in [2.24, 2.45) is 0 Å². The predicted octanol–water partition coefficient (Wildman–Crippen LogP) is 6.57. The molecule has 0 spiro atoms. The molecule has 0 bridgehead atoms. The van der Waals surface area contributed by atoms with Gasteiger partial charge in [-0.25, -0.2) is 0 Å². The van der Waals surface area contributed by atoms with Gasteiger partial charge in [0, 0.05) is 5.56 Å². The zero-order valence-electron chi connectivity index (χ0n) is 14.9. The normalized spacial score (nSPS) is 9.61. The van der Waals surface area contributed by atoms with Crippen molar-refractivity contribution in [3.05, 3.63) is 71.8 Å². The number of rotatable bonds is 4. The van der Waals surface area contributed by atoms with Crippen molar-refractivity contribution in [2.45, 2.75) is 34.6 Å². The Morgan fingerprint density at radius 3 is 2.13 bits per heavy atom. The van der Waals surface area contributed by atoms with Gasteiger partial charge in [0.15, 0.2) is 0 Å². The molecule has 0 amide bonds. The topological polar surface area (TPSA) is 17.1 Å². The maximum atomic E-state index is 11.1. The van der Waals surface area contributed by atoms with Crippen LogP contribution in [-0.4, -0.2) is 6.29 Å². The van der Waals surface area contributed by atoms with Crippen molar-refractivity contribution in [2.75, 3.05) is 0 Å². The lowest BCUT2D eigenvalue weighted by atomic mass is 9.91. The molecule has 120 valence electrons. The molecule has 0 heterocycles. The molecule has 0 atom stereocenters. The zero-order valence-corrected chi connectivity index (χ0v) is 14.9. The predicted molar refractivity (Wildman–Crippen MR) is 103 cm³/mol. The molecule has 2 rings (SSSR count). The zero-order chi connectivity index (χ0) is 17.6. The molecule has 1 nitrogen and oxygen atoms in total. The summed E-state index contributed by atoms with van der Waals surface area (Å²) in [4.78, 5) is 11.1. The molecule has 0 saturated carbocycles. The van der Waals surface area contributed by atoms with Crippen LogP contribution in [0.1, 0.15) is 54.7 Å². The Morgan fingerprint density at radius 1 is 0.957 bits per heavy atom. The Hall–Kier alpha value is -2.41. The maximum absolute atomic E-state index is 11.1. The van der Waals surface area contributed by atoms with Gasteiger partial charge in [0.05, 0.1) is 0 Å². The first kappa shape index (κ1) is 18.6. The van der Waals surface area contributed by atoms with Crippen molar-refractivity contribution in [1.29, 1.82) is 0 Å². The molecule has 0 N–H and O–H groups in total. The van der Waals surface area contributed by atoms with Crippen LogP contribution in [-0.2, 0) is 0 Å². The van der Waals surface area contributed by atoms with Gasteiger partial charge in [-0.2, -0.15) is 0 Å². The molecule has 0 aromatic heterocycles. The van der Waals surface area contributed by atoms with Gasteiger partial charge in [0.25, 0.3) is 0 Å². The van der Waals surface area contributed by atoms with E-state index >= 15 is 0 Å². The van der Waals surface area contributed by atoms with Crippen LogP contribution in [0, 0.1) is 6.92 Å². The van der Waals surface area contributed by atoms with E-state index in [2.05, 4.69) is 37.4 Å². The van der Waals surface area contributed by atoms with Gasteiger partial charge in [-0.1, -0.05) is 56.4 Å². The first-order valence-electron chi connectivity index (χ1n) is 7.95. The Bertz CT molecular complexity index is 736. The minimum Gasteiger partial charge on any atom is -0.298 e. The van der Waals surface area contributed by atoms with E-state index in [1.807, 2.05) is 46.8 Å². The van der Waals surface area contributed by atoms with Crippen LogP contribution >= 0.6 is 0 Å². The summed E-state index contributed by atoms with van der Waals surface area (Å²) in [6.07, 6.45) is 0.888. The summed E-state index contributed by atoms with van der Waals surface area (Å²) < 4.78 is 0. The average Bonchev–Trinajstić information content (AvgIpc) is 2.55. The van der Waals surface area contributed by atoms with Crippen molar-refractivity contribution >= 4 is 17.4 Å². The fraction of sp³-hybridized carbons (Fsp3) is 0.227. The molecule has 0 radical (unpaired) electrons. The van der Waals surface area contributed by atoms with Gasteiger partial charge in [0.1, 0.15) is 6.29 Å². The number of aldehydes is 1. The molecule has 0 fully saturated rings. The van der Waals surface area contributed by atoms with Crippen molar-refractivity contribution in [3.8, 4) is 11.1 Å². The molecule has 0 aliphatic heterocycles. The fourth-order valence-electron chi connectivity index (χ4n) is 2.46. The molecule has 1 heteroatoms. The summed E-state index contributed by atoms with van der Waals surface area (Å²) >= 11 is 0. The van der Waals surface area contributed by atoms with Gasteiger partial charge in [-0.15, -0.1) is 0 Å². The van der Waals surface area contributed by atoms with E-state index < -0.39 is 0 Å². The minimum atomic E-state index is 0.693. The lowest BCUT2D eigenvalue weighted by molar-refractivity contribution is 0.112. The largest absolute Gasteiger partial charge is 0.298 e. The quantitative estimate of drug-likeness (QED) is 0.584. The third-order valence-electron chi connectivity index (χ3n) is 3.52. The molecule has 23 heavy (non-hydrogen) atoms. The molecule has 2 aromatic carbocycles. The monoisotopic (exact) mass is 306 g/mol. The fourth-order valence-corrected chi connectivity index (χ4v) is 2.46. The highest BCUT2D eigenvalue weighted by Gasteiger charge is 2.09. The molecule has 0 aliphatic rings. The lowest BCUT2D eigenvalue weighted by Gasteiger charge is -2.13. The van der Waals surface area contributed by atoms with Crippen LogP contribution < -0.4 is 0 Å². The van der Waals surface area contributed by atoms with E-state index in [1.165, 1.54) is 0 Å². The Kier molecular flexibility index (Phi) is 6.71. The highest BCUT2D eigenvalue weighted by atomic mass is 16.1. The minimum absolute atomic E-state index is 0.693. The van der Waals surface area contributed by atoms with Crippen molar-refractivity contribution in [3.63, 3.8) is 0 Å². The van der Waals surface area contributed by atoms with E-state index in [0.717, 1.165) is 45.2 Å². The Balaban J connectivity index is 0.00000127. The number of benzene rings is 2. The van der Waals surface area contributed by atoms with Crippen LogP contribution in [0.25, 0.3) is 22.3 Å². The number of carbonyl (C=O) groups is 1. The number of carbonyl (C=O) groups excluding carboxylic acids is 1. The molecular formula is C22H26O. The summed E-state index contributed by atoms with van der Waals surface area (Å²) in [6.45, 7) is 18.1. The van der Waals surface area contributed by atoms with E-state index in [4.69, 9.17) is 0 Å². The summed E-state index contributed by atoms with van der Waals surface area (Å²) in [5.41, 5.74) is 8.13. The molecule has 0 aliphatic carbocycles. The first-order chi connectivity index (χ1) is 10.9. The van der Waals surface area contributed by atoms with E-state index in [9.17, 15) is 4.79 Å². The van der Waals surface area contributed by atoms with Gasteiger partial charge in [0.2, 0.25) is 0 Å². The summed E-state index contributed by atoms with van der Waals surface area (Å²) in [5.74, 6) is 0. The lowest BCUT2D eigenvalue weighted by Crippen LogP contribution is -1.92. The summed E-state index contributed by atoms with van der Waals surface area (Å²) in [5, 5.41) is 0. The van der Waals surface area contributed by atoms with E-state index in [-0.39, 0.29) is 0 Å². The van der Waals surface area contributed by atoms with Gasteiger partial charge in [-0.3, -0.25) is 4.79 Å². The van der Waals surface area contributed by atoms with E-state index in [1.54, 1.807) is 0 Å². The molecular weight excluding hydrogens is 280 g/mol. The van der Waals surface area contributed by atoms with Gasteiger partial charge >= 0.3 is 0 Å². The van der Waals surface area contributed by atoms with Crippen molar-refractivity contribution in [1.82, 2.24) is 0 Å². The molecule has 2 aromatic rings. The van der Waals surface area contributed by atoms with Crippen LogP contribution in [0.3, 0.4) is 0 Å². The van der Waals surface area contributed by atoms with Crippen LogP contribution in [0.5, 0.6) is 0 Å². The Morgan fingerprint density at radius 2 is 1.61 bits per heavy atom. The number of aryl methyl sites for hydroxylation is 1. The summed E-state index contributed by atoms with van der Waals surface area (Å²) in [7, 11) is 0. The van der Waals surface area contributed by atoms with E-state index in [0.29, 0.717) is 5.56 Å². The van der Waals surface area contributed by atoms with Crippen molar-refractivity contribution < 1.29 is 4.79 Å². The molecule has 0 saturated heterocycles. The number of hydrogen-bond acceptors (Lipinski definition) is 1. The second-order valence-corrected chi connectivity index (χ2v) is 5.57. The third-order valence-corrected chi connectivity index (χ3v) is 3.52. The SMILES string of the molecule is C=C(C)c1ccc(C(=C)C)c(-c2cc(C)cc(C=O)c2)c1.CC. The second-order valence-electron chi connectivity index (χ2n) is 5.57. The van der Waals surface area contributed by atoms with Crippen LogP contribution in [0.15, 0.2) is 49.6 Å². The summed E-state index contributed by atoms with van der Waals surface area (Å²) in [6, 6.07) is 12.2. The van der Waals surface area contributed by atoms with Gasteiger partial charge < -0.3 is 0 Å². The van der Waals surface area contributed by atoms with Crippen LogP contribution in [0.4, 0.5) is 0 Å². The van der Waals surface area contributed by atoms with Crippen LogP contribution in [0.2, 0.25) is 0 Å². The standard InChI is InChI=1S/C20H20O.C2H6/c1-13(2)17-6-7-19(14(3)4)20(11-17)18-9-15(5)8-16(10-18)12-21;1-2/h6-12H,1,3H2,2,4-5H3;1-2H3. The third kappa shape index (κ3) is 4.53. The Labute approximate surface area is 140 Å². The highest BCUT2D eigenvalue weighted by molar-refractivity contribution is 5.86. The first-order valence-corrected chi connectivity index (χ1v) is 7.95. The van der Waals surface area contributed by atoms with Gasteiger partial charge in [-0.05, 0) is 66.8 Å². The molecule has 0 unspecified atom stereocenters. The average molecular weight is 306 g/mol. The maximum Gasteiger partial charge on any atom is 0.150 e.